The SMILES string of the molecule is CC(CC(=O)c1cccs1)c1ccccc1. The van der Waals surface area contributed by atoms with Gasteiger partial charge >= 0.3 is 0 Å². The van der Waals surface area contributed by atoms with Gasteiger partial charge in [-0.15, -0.1) is 11.3 Å². The highest BCUT2D eigenvalue weighted by atomic mass is 32.1. The van der Waals surface area contributed by atoms with E-state index in [1.807, 2.05) is 35.7 Å². The van der Waals surface area contributed by atoms with Crippen LogP contribution in [-0.4, -0.2) is 5.78 Å². The Bertz CT molecular complexity index is 445. The van der Waals surface area contributed by atoms with Gasteiger partial charge in [-0.3, -0.25) is 4.79 Å². The van der Waals surface area contributed by atoms with E-state index in [0.717, 1.165) is 4.88 Å². The number of rotatable bonds is 4. The third kappa shape index (κ3) is 2.58. The number of hydrogen-bond acceptors (Lipinski definition) is 2. The lowest BCUT2D eigenvalue weighted by molar-refractivity contribution is 0.0979. The Hall–Kier alpha value is -1.41. The minimum absolute atomic E-state index is 0.242. The van der Waals surface area contributed by atoms with Crippen LogP contribution in [0.5, 0.6) is 0 Å². The molecule has 1 nitrogen and oxygen atoms in total. The molecule has 0 aliphatic heterocycles. The van der Waals surface area contributed by atoms with Gasteiger partial charge in [0, 0.05) is 6.42 Å². The molecule has 1 heterocycles. The third-order valence-corrected chi connectivity index (χ3v) is 3.57. The van der Waals surface area contributed by atoms with E-state index in [2.05, 4.69) is 19.1 Å². The summed E-state index contributed by atoms with van der Waals surface area (Å²) in [6, 6.07) is 14.0. The van der Waals surface area contributed by atoms with Crippen molar-refractivity contribution in [2.45, 2.75) is 19.3 Å². The highest BCUT2D eigenvalue weighted by Gasteiger charge is 2.13. The van der Waals surface area contributed by atoms with E-state index in [0.29, 0.717) is 6.42 Å². The fourth-order valence-electron chi connectivity index (χ4n) is 1.72. The minimum atomic E-state index is 0.242. The quantitative estimate of drug-likeness (QED) is 0.722. The molecule has 0 radical (unpaired) electrons. The van der Waals surface area contributed by atoms with Gasteiger partial charge in [-0.05, 0) is 22.9 Å². The number of ketones is 1. The van der Waals surface area contributed by atoms with E-state index >= 15 is 0 Å². The maximum atomic E-state index is 11.9. The largest absolute Gasteiger partial charge is 0.293 e. The van der Waals surface area contributed by atoms with Crippen LogP contribution in [0, 0.1) is 0 Å². The second kappa shape index (κ2) is 5.08. The summed E-state index contributed by atoms with van der Waals surface area (Å²) < 4.78 is 0. The molecule has 82 valence electrons. The molecule has 0 aliphatic rings. The van der Waals surface area contributed by atoms with Crippen molar-refractivity contribution in [1.82, 2.24) is 0 Å². The Morgan fingerprint density at radius 3 is 2.56 bits per heavy atom. The van der Waals surface area contributed by atoms with Crippen molar-refractivity contribution >= 4 is 17.1 Å². The molecule has 0 bridgehead atoms. The van der Waals surface area contributed by atoms with E-state index in [1.165, 1.54) is 16.9 Å². The number of benzene rings is 1. The summed E-state index contributed by atoms with van der Waals surface area (Å²) in [7, 11) is 0. The van der Waals surface area contributed by atoms with E-state index in [9.17, 15) is 4.79 Å². The standard InChI is InChI=1S/C14H14OS/c1-11(12-6-3-2-4-7-12)10-13(15)14-8-5-9-16-14/h2-9,11H,10H2,1H3. The van der Waals surface area contributed by atoms with Crippen LogP contribution in [0.2, 0.25) is 0 Å². The monoisotopic (exact) mass is 230 g/mol. The lowest BCUT2D eigenvalue weighted by atomic mass is 9.95. The molecule has 1 aromatic carbocycles. The Kier molecular flexibility index (Phi) is 3.52. The number of hydrogen-bond donors (Lipinski definition) is 0. The molecule has 0 amide bonds. The van der Waals surface area contributed by atoms with Crippen molar-refractivity contribution in [3.05, 3.63) is 58.3 Å². The van der Waals surface area contributed by atoms with Gasteiger partial charge in [0.15, 0.2) is 5.78 Å². The van der Waals surface area contributed by atoms with Gasteiger partial charge in [0.1, 0.15) is 0 Å². The zero-order chi connectivity index (χ0) is 11.4. The molecule has 0 spiro atoms. The van der Waals surface area contributed by atoms with Gasteiger partial charge in [-0.25, -0.2) is 0 Å². The molecule has 0 saturated heterocycles. The van der Waals surface area contributed by atoms with Crippen molar-refractivity contribution in [1.29, 1.82) is 0 Å². The fourth-order valence-corrected chi connectivity index (χ4v) is 2.39. The Morgan fingerprint density at radius 1 is 1.19 bits per heavy atom. The predicted molar refractivity (Wildman–Crippen MR) is 68.1 cm³/mol. The highest BCUT2D eigenvalue weighted by Crippen LogP contribution is 2.22. The van der Waals surface area contributed by atoms with Crippen molar-refractivity contribution in [2.24, 2.45) is 0 Å². The first-order chi connectivity index (χ1) is 7.77. The molecule has 1 unspecified atom stereocenters. The second-order valence-electron chi connectivity index (χ2n) is 3.92. The third-order valence-electron chi connectivity index (χ3n) is 2.66. The molecule has 1 atom stereocenters. The van der Waals surface area contributed by atoms with E-state index in [4.69, 9.17) is 0 Å². The van der Waals surface area contributed by atoms with Crippen LogP contribution in [0.25, 0.3) is 0 Å². The van der Waals surface area contributed by atoms with Crippen LogP contribution in [0.3, 0.4) is 0 Å². The summed E-state index contributed by atoms with van der Waals surface area (Å²) in [5.74, 6) is 0.530. The molecule has 2 rings (SSSR count). The normalized spacial score (nSPS) is 12.3. The molecule has 0 fully saturated rings. The molecular formula is C14H14OS. The predicted octanol–water partition coefficient (Wildman–Crippen LogP) is 4.12. The summed E-state index contributed by atoms with van der Waals surface area (Å²) >= 11 is 1.52. The molecule has 1 aromatic heterocycles. The number of carbonyl (C=O) groups is 1. The molecule has 2 heteroatoms. The first-order valence-corrected chi connectivity index (χ1v) is 6.27. The molecule has 16 heavy (non-hydrogen) atoms. The van der Waals surface area contributed by atoms with Crippen LogP contribution in [0.1, 0.15) is 34.5 Å². The van der Waals surface area contributed by atoms with Gasteiger partial charge in [-0.1, -0.05) is 43.3 Å². The molecule has 0 saturated carbocycles. The summed E-state index contributed by atoms with van der Waals surface area (Å²) in [4.78, 5) is 12.8. The average Bonchev–Trinajstić information content (AvgIpc) is 2.83. The van der Waals surface area contributed by atoms with Gasteiger partial charge in [0.05, 0.1) is 4.88 Å². The van der Waals surface area contributed by atoms with Crippen molar-refractivity contribution in [2.75, 3.05) is 0 Å². The van der Waals surface area contributed by atoms with E-state index in [-0.39, 0.29) is 11.7 Å². The lowest BCUT2D eigenvalue weighted by Crippen LogP contribution is -2.03. The first-order valence-electron chi connectivity index (χ1n) is 5.39. The van der Waals surface area contributed by atoms with E-state index < -0.39 is 0 Å². The fraction of sp³-hybridized carbons (Fsp3) is 0.214. The topological polar surface area (TPSA) is 17.1 Å². The van der Waals surface area contributed by atoms with Crippen LogP contribution >= 0.6 is 11.3 Å². The minimum Gasteiger partial charge on any atom is -0.293 e. The van der Waals surface area contributed by atoms with Crippen molar-refractivity contribution in [3.8, 4) is 0 Å². The van der Waals surface area contributed by atoms with Crippen molar-refractivity contribution in [3.63, 3.8) is 0 Å². The molecule has 2 aromatic rings. The van der Waals surface area contributed by atoms with Crippen LogP contribution in [0.4, 0.5) is 0 Å². The first kappa shape index (κ1) is 11.1. The van der Waals surface area contributed by atoms with Crippen LogP contribution < -0.4 is 0 Å². The molecule has 0 N–H and O–H groups in total. The number of carbonyl (C=O) groups excluding carboxylic acids is 1. The second-order valence-corrected chi connectivity index (χ2v) is 4.86. The molecular weight excluding hydrogens is 216 g/mol. The summed E-state index contributed by atoms with van der Waals surface area (Å²) in [5, 5.41) is 1.94. The van der Waals surface area contributed by atoms with Crippen molar-refractivity contribution < 1.29 is 4.79 Å². The zero-order valence-electron chi connectivity index (χ0n) is 9.22. The maximum absolute atomic E-state index is 11.9. The average molecular weight is 230 g/mol. The smallest absolute Gasteiger partial charge is 0.173 e. The Morgan fingerprint density at radius 2 is 1.94 bits per heavy atom. The maximum Gasteiger partial charge on any atom is 0.173 e. The van der Waals surface area contributed by atoms with Gasteiger partial charge in [-0.2, -0.15) is 0 Å². The van der Waals surface area contributed by atoms with E-state index in [1.54, 1.807) is 0 Å². The lowest BCUT2D eigenvalue weighted by Gasteiger charge is -2.09. The van der Waals surface area contributed by atoms with Gasteiger partial charge in [0.25, 0.3) is 0 Å². The number of Topliss-reactive ketones (excluding diaryl/α,β-unsaturated/α-hetero) is 1. The van der Waals surface area contributed by atoms with Crippen LogP contribution in [0.15, 0.2) is 47.8 Å². The zero-order valence-corrected chi connectivity index (χ0v) is 10.0. The summed E-state index contributed by atoms with van der Waals surface area (Å²) in [5.41, 5.74) is 1.23. The van der Waals surface area contributed by atoms with Crippen LogP contribution in [-0.2, 0) is 0 Å². The summed E-state index contributed by atoms with van der Waals surface area (Å²) in [6.45, 7) is 2.10. The Labute approximate surface area is 99.8 Å². The number of thiophene rings is 1. The highest BCUT2D eigenvalue weighted by molar-refractivity contribution is 7.12. The molecule has 0 aliphatic carbocycles. The Balaban J connectivity index is 2.03. The summed E-state index contributed by atoms with van der Waals surface area (Å²) in [6.07, 6.45) is 0.588. The van der Waals surface area contributed by atoms with Gasteiger partial charge < -0.3 is 0 Å². The van der Waals surface area contributed by atoms with Gasteiger partial charge in [0.2, 0.25) is 0 Å².